The molecule has 0 aliphatic carbocycles. The summed E-state index contributed by atoms with van der Waals surface area (Å²) in [7, 11) is 0. The first-order valence-corrected chi connectivity index (χ1v) is 10.7. The van der Waals surface area contributed by atoms with E-state index in [1.807, 2.05) is 41.5 Å². The number of amides is 3. The smallest absolute Gasteiger partial charge is 0.323 e. The van der Waals surface area contributed by atoms with Gasteiger partial charge in [0.05, 0.1) is 22.6 Å². The summed E-state index contributed by atoms with van der Waals surface area (Å²) in [6, 6.07) is 7.53. The number of aryl methyl sites for hydroxylation is 1. The molecule has 2 aromatic rings. The maximum atomic E-state index is 13.7. The number of hydrogen-bond acceptors (Lipinski definition) is 4. The van der Waals surface area contributed by atoms with E-state index in [9.17, 15) is 9.59 Å². The molecule has 2 fully saturated rings. The molecular weight excluding hydrogens is 372 g/mol. The number of likely N-dealkylation sites (tertiary alicyclic amines) is 2. The molecule has 7 heteroatoms. The Morgan fingerprint density at radius 3 is 2.82 bits per heavy atom. The fourth-order valence-electron chi connectivity index (χ4n) is 4.79. The normalized spacial score (nSPS) is 20.4. The van der Waals surface area contributed by atoms with Gasteiger partial charge in [-0.05, 0) is 32.0 Å². The molecule has 2 saturated heterocycles. The first-order valence-electron chi connectivity index (χ1n) is 9.81. The highest BCUT2D eigenvalue weighted by Gasteiger charge is 2.49. The van der Waals surface area contributed by atoms with E-state index in [-0.39, 0.29) is 17.4 Å². The standard InChI is InChI=1S/C21H24N4O2S/c1-3-23-11-21(12-23)8-9-24(13-21)20(27)25-17-7-5-4-6-16(17)22-19(26)15-10-28-14(2)18(15)25/h4-7,10H,3,8-9,11-13H2,1-2H3,(H,22,26). The summed E-state index contributed by atoms with van der Waals surface area (Å²) in [5, 5.41) is 4.82. The first-order chi connectivity index (χ1) is 13.5. The Morgan fingerprint density at radius 2 is 2.04 bits per heavy atom. The topological polar surface area (TPSA) is 55.9 Å². The minimum atomic E-state index is -0.155. The van der Waals surface area contributed by atoms with Gasteiger partial charge < -0.3 is 15.1 Å². The Bertz CT molecular complexity index is 963. The van der Waals surface area contributed by atoms with Crippen molar-refractivity contribution in [1.82, 2.24) is 9.80 Å². The number of benzene rings is 1. The van der Waals surface area contributed by atoms with Gasteiger partial charge in [-0.3, -0.25) is 9.69 Å². The summed E-state index contributed by atoms with van der Waals surface area (Å²) in [5.74, 6) is -0.155. The SMILES string of the molecule is CCN1CC2(CCN(C(=O)N3c4ccccc4NC(=O)c4csc(C)c43)C2)C1. The van der Waals surface area contributed by atoms with Gasteiger partial charge in [0.2, 0.25) is 0 Å². The second-order valence-corrected chi connectivity index (χ2v) is 9.20. The fraction of sp³-hybridized carbons (Fsp3) is 0.429. The van der Waals surface area contributed by atoms with Crippen LogP contribution in [0.3, 0.4) is 0 Å². The van der Waals surface area contributed by atoms with Crippen LogP contribution in [0.4, 0.5) is 21.9 Å². The number of carbonyl (C=O) groups is 2. The van der Waals surface area contributed by atoms with Crippen molar-refractivity contribution >= 4 is 40.3 Å². The number of fused-ring (bicyclic) bond motifs is 2. The van der Waals surface area contributed by atoms with Crippen molar-refractivity contribution in [2.75, 3.05) is 42.9 Å². The van der Waals surface area contributed by atoms with Crippen LogP contribution in [-0.4, -0.2) is 54.5 Å². The lowest BCUT2D eigenvalue weighted by atomic mass is 9.79. The molecule has 1 aromatic carbocycles. The van der Waals surface area contributed by atoms with Crippen LogP contribution >= 0.6 is 11.3 Å². The van der Waals surface area contributed by atoms with E-state index in [1.165, 1.54) is 11.3 Å². The minimum absolute atomic E-state index is 0.0291. The van der Waals surface area contributed by atoms with E-state index in [4.69, 9.17) is 0 Å². The van der Waals surface area contributed by atoms with Gasteiger partial charge in [-0.2, -0.15) is 0 Å². The molecule has 0 bridgehead atoms. The van der Waals surface area contributed by atoms with E-state index in [1.54, 1.807) is 4.90 Å². The number of thiophene rings is 1. The van der Waals surface area contributed by atoms with Crippen molar-refractivity contribution < 1.29 is 9.59 Å². The molecule has 0 radical (unpaired) electrons. The third-order valence-corrected chi connectivity index (χ3v) is 7.17. The van der Waals surface area contributed by atoms with Crippen molar-refractivity contribution in [3.8, 4) is 0 Å². The Labute approximate surface area is 168 Å². The van der Waals surface area contributed by atoms with Crippen LogP contribution in [0, 0.1) is 12.3 Å². The first kappa shape index (κ1) is 17.7. The molecule has 0 unspecified atom stereocenters. The number of para-hydroxylation sites is 2. The van der Waals surface area contributed by atoms with Gasteiger partial charge in [0.25, 0.3) is 5.91 Å². The van der Waals surface area contributed by atoms with Crippen LogP contribution in [0.2, 0.25) is 0 Å². The molecule has 1 aromatic heterocycles. The van der Waals surface area contributed by atoms with Crippen LogP contribution in [-0.2, 0) is 0 Å². The average molecular weight is 397 g/mol. The molecule has 5 rings (SSSR count). The number of rotatable bonds is 1. The second-order valence-electron chi connectivity index (χ2n) is 8.12. The van der Waals surface area contributed by atoms with Gasteiger partial charge in [-0.1, -0.05) is 19.1 Å². The second kappa shape index (κ2) is 6.32. The van der Waals surface area contributed by atoms with E-state index in [0.29, 0.717) is 11.3 Å². The monoisotopic (exact) mass is 396 g/mol. The summed E-state index contributed by atoms with van der Waals surface area (Å²) in [6.45, 7) is 8.95. The zero-order valence-electron chi connectivity index (χ0n) is 16.2. The largest absolute Gasteiger partial charge is 0.329 e. The lowest BCUT2D eigenvalue weighted by Crippen LogP contribution is -2.57. The fourth-order valence-corrected chi connectivity index (χ4v) is 5.62. The van der Waals surface area contributed by atoms with Crippen molar-refractivity contribution in [3.05, 3.63) is 40.1 Å². The van der Waals surface area contributed by atoms with Gasteiger partial charge in [0.15, 0.2) is 0 Å². The quantitative estimate of drug-likeness (QED) is 0.795. The highest BCUT2D eigenvalue weighted by Crippen LogP contribution is 2.45. The number of urea groups is 1. The van der Waals surface area contributed by atoms with Gasteiger partial charge in [-0.15, -0.1) is 11.3 Å². The molecule has 28 heavy (non-hydrogen) atoms. The Balaban J connectivity index is 1.52. The maximum Gasteiger partial charge on any atom is 0.329 e. The summed E-state index contributed by atoms with van der Waals surface area (Å²) >= 11 is 1.51. The zero-order chi connectivity index (χ0) is 19.5. The van der Waals surface area contributed by atoms with Crippen molar-refractivity contribution in [1.29, 1.82) is 0 Å². The van der Waals surface area contributed by atoms with Crippen LogP contribution in [0.1, 0.15) is 28.6 Å². The van der Waals surface area contributed by atoms with Crippen LogP contribution in [0.5, 0.6) is 0 Å². The van der Waals surface area contributed by atoms with E-state index in [2.05, 4.69) is 17.1 Å². The van der Waals surface area contributed by atoms with Crippen molar-refractivity contribution in [3.63, 3.8) is 0 Å². The average Bonchev–Trinajstić information content (AvgIpc) is 3.24. The van der Waals surface area contributed by atoms with Gasteiger partial charge in [0, 0.05) is 41.9 Å². The molecule has 3 aliphatic rings. The molecule has 1 spiro atoms. The highest BCUT2D eigenvalue weighted by molar-refractivity contribution is 7.11. The lowest BCUT2D eigenvalue weighted by Gasteiger charge is -2.47. The maximum absolute atomic E-state index is 13.7. The molecule has 4 heterocycles. The number of anilines is 3. The number of hydrogen-bond donors (Lipinski definition) is 1. The third-order valence-electron chi connectivity index (χ3n) is 6.27. The summed E-state index contributed by atoms with van der Waals surface area (Å²) in [6.07, 6.45) is 1.05. The zero-order valence-corrected chi connectivity index (χ0v) is 17.0. The summed E-state index contributed by atoms with van der Waals surface area (Å²) in [5.41, 5.74) is 2.96. The predicted octanol–water partition coefficient (Wildman–Crippen LogP) is 3.91. The Morgan fingerprint density at radius 1 is 1.25 bits per heavy atom. The third kappa shape index (κ3) is 2.57. The molecule has 146 valence electrons. The van der Waals surface area contributed by atoms with Crippen molar-refractivity contribution in [2.24, 2.45) is 5.41 Å². The lowest BCUT2D eigenvalue weighted by molar-refractivity contribution is 0.0158. The summed E-state index contributed by atoms with van der Waals surface area (Å²) in [4.78, 5) is 33.6. The van der Waals surface area contributed by atoms with Gasteiger partial charge >= 0.3 is 6.03 Å². The van der Waals surface area contributed by atoms with Gasteiger partial charge in [0.1, 0.15) is 0 Å². The number of nitrogens with zero attached hydrogens (tertiary/aromatic N) is 3. The summed E-state index contributed by atoms with van der Waals surface area (Å²) < 4.78 is 0. The van der Waals surface area contributed by atoms with Crippen molar-refractivity contribution in [2.45, 2.75) is 20.3 Å². The molecular formula is C21H24N4O2S. The molecule has 0 saturated carbocycles. The molecule has 3 amide bonds. The minimum Gasteiger partial charge on any atom is -0.323 e. The van der Waals surface area contributed by atoms with Crippen LogP contribution in [0.25, 0.3) is 0 Å². The van der Waals surface area contributed by atoms with E-state index in [0.717, 1.165) is 55.4 Å². The van der Waals surface area contributed by atoms with Crippen LogP contribution in [0.15, 0.2) is 29.6 Å². The highest BCUT2D eigenvalue weighted by atomic mass is 32.1. The predicted molar refractivity (Wildman–Crippen MR) is 112 cm³/mol. The molecule has 3 aliphatic heterocycles. The molecule has 6 nitrogen and oxygen atoms in total. The molecule has 0 atom stereocenters. The van der Waals surface area contributed by atoms with E-state index < -0.39 is 0 Å². The molecule has 1 N–H and O–H groups in total. The van der Waals surface area contributed by atoms with E-state index >= 15 is 0 Å². The van der Waals surface area contributed by atoms with Crippen LogP contribution < -0.4 is 10.2 Å². The number of nitrogens with one attached hydrogen (secondary N) is 1. The van der Waals surface area contributed by atoms with Gasteiger partial charge in [-0.25, -0.2) is 4.79 Å². The Kier molecular flexibility index (Phi) is 4.00. The number of carbonyl (C=O) groups excluding carboxylic acids is 2. The Hall–Kier alpha value is -2.38.